The predicted octanol–water partition coefficient (Wildman–Crippen LogP) is 36.1. The van der Waals surface area contributed by atoms with Gasteiger partial charge in [-0.3, -0.25) is 0 Å². The van der Waals surface area contributed by atoms with Gasteiger partial charge in [-0.25, -0.2) is 0 Å². The van der Waals surface area contributed by atoms with Crippen molar-refractivity contribution in [3.8, 4) is 111 Å². The average molecular weight is 1590 g/mol. The normalized spacial score (nSPS) is 13.8. The Kier molecular flexibility index (Phi) is 24.2. The van der Waals surface area contributed by atoms with Crippen molar-refractivity contribution in [3.05, 3.63) is 299 Å². The van der Waals surface area contributed by atoms with Crippen LogP contribution in [0.2, 0.25) is 0 Å². The van der Waals surface area contributed by atoms with Gasteiger partial charge in [-0.15, -0.1) is 0 Å². The number of aryl methyl sites for hydroxylation is 2. The summed E-state index contributed by atoms with van der Waals surface area (Å²) in [4.78, 5) is 0. The van der Waals surface area contributed by atoms with Crippen LogP contribution in [0.5, 0.6) is 0 Å². The Morgan fingerprint density at radius 2 is 0.529 bits per heavy atom. The Bertz CT molecular complexity index is 6160. The van der Waals surface area contributed by atoms with Gasteiger partial charge in [0.25, 0.3) is 0 Å². The lowest BCUT2D eigenvalue weighted by molar-refractivity contribution is 0.398. The standard InChI is InChI=1S/C119H126O2/c1-9-15-19-23-27-41-69-118(70-42-28-24-20-16-10-2)104-75-89(87-57-53-85(54-58-87)83-45-33-31-34-46-83)61-65-93(104)95-67-63-91(77-106(95)118)100-74-82(14-6)111(113-97-49-37-39-51-109(97)120-115(100)113)99-79-103-102(73-81(99)13-5)112-108(117(103,7)8)80-101(116-114(112)98-50-38-40-52-110(98)121-116)92-64-68-96-94-66-62-90(88-59-55-86(56-60-88)84-47-35-32-36-48-84)76-105(94)119(107(96)78-92,71-43-29-25-21-17-11-3)72-44-30-26-22-18-12-4/h31-40,45-68,73-80H,9-30,41-44,69-72H2,1-8H3. The van der Waals surface area contributed by atoms with E-state index in [1.165, 1.54) is 331 Å². The quantitative estimate of drug-likeness (QED) is 0.0363. The van der Waals surface area contributed by atoms with Crippen LogP contribution < -0.4 is 0 Å². The van der Waals surface area contributed by atoms with Gasteiger partial charge in [-0.05, 0) is 238 Å². The minimum Gasteiger partial charge on any atom is -0.455 e. The summed E-state index contributed by atoms with van der Waals surface area (Å²) in [6.45, 7) is 19.2. The van der Waals surface area contributed by atoms with Gasteiger partial charge in [0.15, 0.2) is 0 Å². The first-order valence-electron chi connectivity index (χ1n) is 47.6. The van der Waals surface area contributed by atoms with E-state index in [-0.39, 0.29) is 16.2 Å². The molecule has 13 aromatic carbocycles. The van der Waals surface area contributed by atoms with E-state index in [0.29, 0.717) is 0 Å². The van der Waals surface area contributed by atoms with E-state index >= 15 is 0 Å². The van der Waals surface area contributed by atoms with Crippen LogP contribution in [-0.4, -0.2) is 0 Å². The molecule has 0 radical (unpaired) electrons. The zero-order chi connectivity index (χ0) is 82.6. The maximum absolute atomic E-state index is 7.51. The molecule has 0 bridgehead atoms. The molecule has 0 saturated heterocycles. The largest absolute Gasteiger partial charge is 0.455 e. The molecule has 3 aliphatic carbocycles. The fourth-order valence-electron chi connectivity index (χ4n) is 22.5. The Morgan fingerprint density at radius 1 is 0.223 bits per heavy atom. The van der Waals surface area contributed by atoms with E-state index in [1.54, 1.807) is 0 Å². The van der Waals surface area contributed by atoms with E-state index in [9.17, 15) is 0 Å². The molecule has 121 heavy (non-hydrogen) atoms. The van der Waals surface area contributed by atoms with Gasteiger partial charge in [0.1, 0.15) is 22.3 Å². The van der Waals surface area contributed by atoms with Crippen LogP contribution in [0.3, 0.4) is 0 Å². The third-order valence-corrected chi connectivity index (χ3v) is 29.1. The van der Waals surface area contributed by atoms with Crippen molar-refractivity contribution >= 4 is 43.9 Å². The van der Waals surface area contributed by atoms with E-state index in [0.717, 1.165) is 60.9 Å². The molecule has 2 nitrogen and oxygen atoms in total. The molecule has 0 atom stereocenters. The van der Waals surface area contributed by atoms with E-state index in [2.05, 4.69) is 310 Å². The van der Waals surface area contributed by atoms with Crippen LogP contribution in [0.15, 0.2) is 264 Å². The van der Waals surface area contributed by atoms with Crippen molar-refractivity contribution in [1.29, 1.82) is 0 Å². The third kappa shape index (κ3) is 15.3. The molecule has 0 N–H and O–H groups in total. The molecule has 2 heteroatoms. The summed E-state index contributed by atoms with van der Waals surface area (Å²) < 4.78 is 15.0. The number of unbranched alkanes of at least 4 members (excludes halogenated alkanes) is 20. The lowest BCUT2D eigenvalue weighted by Crippen LogP contribution is -2.25. The first kappa shape index (κ1) is 81.5. The van der Waals surface area contributed by atoms with Gasteiger partial charge < -0.3 is 8.83 Å². The van der Waals surface area contributed by atoms with Gasteiger partial charge in [0.2, 0.25) is 0 Å². The molecule has 2 aromatic heterocycles. The van der Waals surface area contributed by atoms with Crippen molar-refractivity contribution in [2.24, 2.45) is 0 Å². The van der Waals surface area contributed by atoms with Crippen molar-refractivity contribution < 1.29 is 8.83 Å². The summed E-state index contributed by atoms with van der Waals surface area (Å²) in [5.41, 5.74) is 40.7. The molecule has 0 saturated carbocycles. The lowest BCUT2D eigenvalue weighted by Gasteiger charge is -2.33. The smallest absolute Gasteiger partial charge is 0.143 e. The van der Waals surface area contributed by atoms with E-state index in [1.807, 2.05) is 0 Å². The zero-order valence-electron chi connectivity index (χ0n) is 73.8. The number of benzene rings is 13. The fraction of sp³-hybridized carbons (Fsp3) is 0.345. The minimum atomic E-state index is -0.383. The third-order valence-electron chi connectivity index (χ3n) is 29.1. The van der Waals surface area contributed by atoms with Crippen LogP contribution >= 0.6 is 0 Å². The molecule has 614 valence electrons. The molecule has 15 aromatic rings. The zero-order valence-corrected chi connectivity index (χ0v) is 73.8. The summed E-state index contributed by atoms with van der Waals surface area (Å²) >= 11 is 0. The Labute approximate surface area is 722 Å². The number of hydrogen-bond acceptors (Lipinski definition) is 2. The number of hydrogen-bond donors (Lipinski definition) is 0. The summed E-state index contributed by atoms with van der Waals surface area (Å²) in [5, 5.41) is 4.83. The molecular weight excluding hydrogens is 1460 g/mol. The van der Waals surface area contributed by atoms with Crippen LogP contribution in [0.4, 0.5) is 0 Å². The topological polar surface area (TPSA) is 26.3 Å². The summed E-state index contributed by atoms with van der Waals surface area (Å²) in [6.07, 6.45) is 37.0. The van der Waals surface area contributed by atoms with Crippen LogP contribution in [0.1, 0.15) is 280 Å². The molecule has 3 aliphatic rings. The number of furan rings is 2. The van der Waals surface area contributed by atoms with Crippen molar-refractivity contribution in [2.45, 2.75) is 264 Å². The summed E-state index contributed by atoms with van der Waals surface area (Å²) in [7, 11) is 0. The highest BCUT2D eigenvalue weighted by Crippen LogP contribution is 2.62. The summed E-state index contributed by atoms with van der Waals surface area (Å²) in [5.74, 6) is 0. The van der Waals surface area contributed by atoms with E-state index < -0.39 is 0 Å². The molecule has 0 unspecified atom stereocenters. The van der Waals surface area contributed by atoms with Gasteiger partial charge in [0, 0.05) is 48.9 Å². The fourth-order valence-corrected chi connectivity index (χ4v) is 22.5. The lowest BCUT2D eigenvalue weighted by atomic mass is 9.70. The van der Waals surface area contributed by atoms with Crippen LogP contribution in [-0.2, 0) is 29.1 Å². The summed E-state index contributed by atoms with van der Waals surface area (Å²) in [6, 6.07) is 99.1. The van der Waals surface area contributed by atoms with Gasteiger partial charge >= 0.3 is 0 Å². The number of para-hydroxylation sites is 2. The predicted molar refractivity (Wildman–Crippen MR) is 520 cm³/mol. The molecule has 2 heterocycles. The molecule has 0 aliphatic heterocycles. The Balaban J connectivity index is 0.761. The molecule has 18 rings (SSSR count). The maximum atomic E-state index is 7.51. The monoisotopic (exact) mass is 1590 g/mol. The maximum Gasteiger partial charge on any atom is 0.143 e. The van der Waals surface area contributed by atoms with Crippen molar-refractivity contribution in [3.63, 3.8) is 0 Å². The van der Waals surface area contributed by atoms with Gasteiger partial charge in [-0.1, -0.05) is 410 Å². The average Bonchev–Trinajstić information content (AvgIpc) is 1.55. The van der Waals surface area contributed by atoms with Gasteiger partial charge in [-0.2, -0.15) is 0 Å². The molecule has 0 amide bonds. The van der Waals surface area contributed by atoms with Crippen LogP contribution in [0.25, 0.3) is 155 Å². The second kappa shape index (κ2) is 35.9. The Hall–Kier alpha value is -10.5. The molecule has 0 fully saturated rings. The van der Waals surface area contributed by atoms with E-state index in [4.69, 9.17) is 8.83 Å². The second-order valence-electron chi connectivity index (χ2n) is 37.0. The first-order chi connectivity index (χ1) is 59.5. The Morgan fingerprint density at radius 3 is 0.926 bits per heavy atom. The van der Waals surface area contributed by atoms with Crippen molar-refractivity contribution in [2.75, 3.05) is 0 Å². The van der Waals surface area contributed by atoms with Gasteiger partial charge in [0.05, 0.1) is 0 Å². The van der Waals surface area contributed by atoms with Crippen LogP contribution in [0, 0.1) is 0 Å². The first-order valence-corrected chi connectivity index (χ1v) is 47.6. The minimum absolute atomic E-state index is 0.140. The SMILES string of the molecule is CCCCCCCCC1(CCCCCCCC)c2cc(-c3ccc(-c4ccccc4)cc3)ccc2-c2ccc(-c3cc(CC)c(-c4cc5c(cc4CC)-c4c(cc(-c6ccc7c(c6)C(CCCCCCCC)(CCCCCCCC)c6cc(-c8ccc(-c9ccccc9)cc8)ccc6-7)c6oc7ccccc7c46)C5(C)C)c4c3oc3ccccc34)cc21. The highest BCUT2D eigenvalue weighted by Gasteiger charge is 2.46. The molecule has 0 spiro atoms. The van der Waals surface area contributed by atoms with Crippen molar-refractivity contribution in [1.82, 2.24) is 0 Å². The highest BCUT2D eigenvalue weighted by atomic mass is 16.3. The number of fused-ring (bicyclic) bond motifs is 16. The number of rotatable bonds is 37. The second-order valence-corrected chi connectivity index (χ2v) is 37.0. The molecular formula is C119H126O2. The highest BCUT2D eigenvalue weighted by molar-refractivity contribution is 6.21.